The molecule has 0 saturated heterocycles. The van der Waals surface area contributed by atoms with E-state index in [2.05, 4.69) is 0 Å². The van der Waals surface area contributed by atoms with E-state index in [4.69, 9.17) is 15.1 Å². The van der Waals surface area contributed by atoms with Gasteiger partial charge in [0.25, 0.3) is 0 Å². The number of hydrogen-bond donors (Lipinski definition) is 1. The van der Waals surface area contributed by atoms with Crippen LogP contribution in [0.4, 0.5) is 10.1 Å². The Balaban J connectivity index is 3.06. The molecule has 19 heavy (non-hydrogen) atoms. The van der Waals surface area contributed by atoms with Crippen molar-refractivity contribution in [1.82, 2.24) is 0 Å². The second kappa shape index (κ2) is 7.34. The third kappa shape index (κ3) is 4.23. The van der Waals surface area contributed by atoms with Gasteiger partial charge in [-0.05, 0) is 18.2 Å². The lowest BCUT2D eigenvalue weighted by molar-refractivity contribution is 0.0697. The van der Waals surface area contributed by atoms with Crippen LogP contribution in [0.15, 0.2) is 18.2 Å². The third-order valence-corrected chi connectivity index (χ3v) is 2.59. The van der Waals surface area contributed by atoms with Gasteiger partial charge in [0.05, 0.1) is 30.3 Å². The molecule has 0 heterocycles. The van der Waals surface area contributed by atoms with E-state index in [-0.39, 0.29) is 12.0 Å². The molecule has 1 N–H and O–H groups in total. The highest BCUT2D eigenvalue weighted by molar-refractivity contribution is 5.94. The van der Waals surface area contributed by atoms with Crippen LogP contribution < -0.4 is 4.90 Å². The molecule has 0 aromatic heterocycles. The van der Waals surface area contributed by atoms with Crippen LogP contribution >= 0.6 is 0 Å². The van der Waals surface area contributed by atoms with Gasteiger partial charge in [-0.25, -0.2) is 9.18 Å². The normalized spacial score (nSPS) is 9.95. The van der Waals surface area contributed by atoms with Crippen molar-refractivity contribution in [2.75, 3.05) is 31.7 Å². The molecule has 1 aromatic carbocycles. The van der Waals surface area contributed by atoms with E-state index in [1.165, 1.54) is 19.2 Å². The molecular weight excluding hydrogens is 251 g/mol. The highest BCUT2D eigenvalue weighted by Crippen LogP contribution is 2.22. The summed E-state index contributed by atoms with van der Waals surface area (Å²) in [5, 5.41) is 17.7. The summed E-state index contributed by atoms with van der Waals surface area (Å²) in [5.41, 5.74) is 0.273. The van der Waals surface area contributed by atoms with Crippen LogP contribution in [0.2, 0.25) is 0 Å². The van der Waals surface area contributed by atoms with Gasteiger partial charge in [0.2, 0.25) is 0 Å². The quantitative estimate of drug-likeness (QED) is 0.815. The van der Waals surface area contributed by atoms with Gasteiger partial charge >= 0.3 is 5.97 Å². The number of hydrogen-bond acceptors (Lipinski definition) is 4. The molecule has 0 aliphatic heterocycles. The number of aromatic carboxylic acids is 1. The number of ether oxygens (including phenoxy) is 1. The molecule has 0 aliphatic carbocycles. The topological polar surface area (TPSA) is 73.6 Å². The van der Waals surface area contributed by atoms with E-state index >= 15 is 0 Å². The van der Waals surface area contributed by atoms with Crippen molar-refractivity contribution in [1.29, 1.82) is 5.26 Å². The number of benzene rings is 1. The average molecular weight is 266 g/mol. The number of rotatable bonds is 7. The van der Waals surface area contributed by atoms with Crippen LogP contribution in [0.25, 0.3) is 0 Å². The second-order valence-electron chi connectivity index (χ2n) is 3.85. The molecular formula is C13H15FN2O3. The third-order valence-electron chi connectivity index (χ3n) is 2.59. The molecule has 0 radical (unpaired) electrons. The first kappa shape index (κ1) is 14.9. The molecule has 0 unspecified atom stereocenters. The Morgan fingerprint density at radius 3 is 2.84 bits per heavy atom. The molecule has 1 rings (SSSR count). The van der Waals surface area contributed by atoms with Gasteiger partial charge in [0, 0.05) is 20.2 Å². The van der Waals surface area contributed by atoms with Crippen molar-refractivity contribution in [3.05, 3.63) is 29.6 Å². The van der Waals surface area contributed by atoms with Crippen molar-refractivity contribution in [2.45, 2.75) is 6.42 Å². The number of methoxy groups -OCH3 is 1. The molecule has 0 atom stereocenters. The number of nitriles is 1. The van der Waals surface area contributed by atoms with E-state index in [9.17, 15) is 9.18 Å². The minimum Gasteiger partial charge on any atom is -0.478 e. The predicted molar refractivity (Wildman–Crippen MR) is 67.7 cm³/mol. The smallest absolute Gasteiger partial charge is 0.337 e. The van der Waals surface area contributed by atoms with Crippen LogP contribution in [0.1, 0.15) is 16.8 Å². The van der Waals surface area contributed by atoms with Crippen molar-refractivity contribution in [3.63, 3.8) is 0 Å². The van der Waals surface area contributed by atoms with Gasteiger partial charge in [-0.15, -0.1) is 0 Å². The Morgan fingerprint density at radius 1 is 1.53 bits per heavy atom. The first-order valence-corrected chi connectivity index (χ1v) is 5.73. The summed E-state index contributed by atoms with van der Waals surface area (Å²) < 4.78 is 18.1. The van der Waals surface area contributed by atoms with Crippen molar-refractivity contribution >= 4 is 11.7 Å². The summed E-state index contributed by atoms with van der Waals surface area (Å²) in [5.74, 6) is -1.80. The first-order chi connectivity index (χ1) is 9.10. The van der Waals surface area contributed by atoms with Crippen LogP contribution in [0, 0.1) is 17.1 Å². The fraction of sp³-hybridized carbons (Fsp3) is 0.385. The summed E-state index contributed by atoms with van der Waals surface area (Å²) in [6, 6.07) is 5.59. The Labute approximate surface area is 110 Å². The Morgan fingerprint density at radius 2 is 2.26 bits per heavy atom. The molecule has 0 fully saturated rings. The van der Waals surface area contributed by atoms with E-state index in [1.54, 1.807) is 4.90 Å². The number of anilines is 1. The van der Waals surface area contributed by atoms with Gasteiger partial charge in [-0.2, -0.15) is 5.26 Å². The summed E-state index contributed by atoms with van der Waals surface area (Å²) in [6.07, 6.45) is 0.250. The second-order valence-corrected chi connectivity index (χ2v) is 3.85. The molecule has 6 heteroatoms. The van der Waals surface area contributed by atoms with Crippen molar-refractivity contribution < 1.29 is 19.0 Å². The summed E-state index contributed by atoms with van der Waals surface area (Å²) >= 11 is 0. The zero-order valence-corrected chi connectivity index (χ0v) is 10.6. The Kier molecular flexibility index (Phi) is 5.76. The van der Waals surface area contributed by atoms with E-state index in [1.807, 2.05) is 6.07 Å². The van der Waals surface area contributed by atoms with Crippen LogP contribution in [-0.2, 0) is 4.74 Å². The lowest BCUT2D eigenvalue weighted by atomic mass is 10.1. The maximum atomic E-state index is 13.1. The summed E-state index contributed by atoms with van der Waals surface area (Å²) in [6.45, 7) is 1.19. The number of carboxylic acids is 1. The molecule has 0 saturated carbocycles. The lowest BCUT2D eigenvalue weighted by Gasteiger charge is -2.25. The average Bonchev–Trinajstić information content (AvgIpc) is 2.39. The van der Waals surface area contributed by atoms with Gasteiger partial charge in [-0.3, -0.25) is 0 Å². The molecule has 0 aliphatic rings. The van der Waals surface area contributed by atoms with Gasteiger partial charge in [-0.1, -0.05) is 0 Å². The highest BCUT2D eigenvalue weighted by atomic mass is 19.1. The fourth-order valence-corrected chi connectivity index (χ4v) is 1.69. The van der Waals surface area contributed by atoms with Crippen LogP contribution in [0.5, 0.6) is 0 Å². The zero-order valence-electron chi connectivity index (χ0n) is 10.6. The Hall–Kier alpha value is -2.13. The number of carboxylic acid groups (broad SMARTS) is 1. The monoisotopic (exact) mass is 266 g/mol. The number of halogens is 1. The summed E-state index contributed by atoms with van der Waals surface area (Å²) in [4.78, 5) is 12.8. The lowest BCUT2D eigenvalue weighted by Crippen LogP contribution is -2.29. The largest absolute Gasteiger partial charge is 0.478 e. The predicted octanol–water partition coefficient (Wildman–Crippen LogP) is 1.89. The van der Waals surface area contributed by atoms with Gasteiger partial charge in [0.15, 0.2) is 0 Å². The molecule has 5 nitrogen and oxygen atoms in total. The maximum absolute atomic E-state index is 13.1. The molecule has 0 bridgehead atoms. The maximum Gasteiger partial charge on any atom is 0.337 e. The molecule has 0 spiro atoms. The van der Waals surface area contributed by atoms with Crippen LogP contribution in [0.3, 0.4) is 0 Å². The fourth-order valence-electron chi connectivity index (χ4n) is 1.69. The molecule has 0 amide bonds. The Bertz CT molecular complexity index is 485. The van der Waals surface area contributed by atoms with Crippen molar-refractivity contribution in [3.8, 4) is 6.07 Å². The molecule has 1 aromatic rings. The minimum atomic E-state index is -1.20. The number of carbonyl (C=O) groups is 1. The van der Waals surface area contributed by atoms with Gasteiger partial charge < -0.3 is 14.7 Å². The zero-order chi connectivity index (χ0) is 14.3. The SMILES string of the molecule is COCCN(CCC#N)c1ccc(F)cc1C(=O)O. The van der Waals surface area contributed by atoms with E-state index in [0.29, 0.717) is 25.4 Å². The van der Waals surface area contributed by atoms with E-state index in [0.717, 1.165) is 6.07 Å². The standard InChI is InChI=1S/C13H15FN2O3/c1-19-8-7-16(6-2-5-15)12-4-3-10(14)9-11(12)13(17)18/h3-4,9H,2,6-8H2,1H3,(H,17,18). The van der Waals surface area contributed by atoms with Crippen molar-refractivity contribution in [2.24, 2.45) is 0 Å². The first-order valence-electron chi connectivity index (χ1n) is 5.73. The number of nitrogens with zero attached hydrogens (tertiary/aromatic N) is 2. The minimum absolute atomic E-state index is 0.117. The summed E-state index contributed by atoms with van der Waals surface area (Å²) in [7, 11) is 1.53. The highest BCUT2D eigenvalue weighted by Gasteiger charge is 2.16. The van der Waals surface area contributed by atoms with E-state index < -0.39 is 11.8 Å². The van der Waals surface area contributed by atoms with Crippen LogP contribution in [-0.4, -0.2) is 37.9 Å². The van der Waals surface area contributed by atoms with Gasteiger partial charge in [0.1, 0.15) is 5.82 Å². The molecule has 102 valence electrons.